The third-order valence-corrected chi connectivity index (χ3v) is 3.25. The smallest absolute Gasteiger partial charge is 0.136 e. The third kappa shape index (κ3) is 1.91. The molecule has 1 heterocycles. The third-order valence-electron chi connectivity index (χ3n) is 3.25. The van der Waals surface area contributed by atoms with Gasteiger partial charge in [0.25, 0.3) is 0 Å². The largest absolute Gasteiger partial charge is 0.328 e. The predicted octanol–water partition coefficient (Wildman–Crippen LogP) is 1.76. The lowest BCUT2D eigenvalue weighted by molar-refractivity contribution is 0.516. The van der Waals surface area contributed by atoms with E-state index < -0.39 is 0 Å². The van der Waals surface area contributed by atoms with Crippen molar-refractivity contribution in [3.63, 3.8) is 0 Å². The summed E-state index contributed by atoms with van der Waals surface area (Å²) in [6.45, 7) is 6.37. The molecule has 2 atom stereocenters. The first kappa shape index (κ1) is 10.6. The minimum atomic E-state index is 0.354. The minimum absolute atomic E-state index is 0.354. The zero-order valence-corrected chi connectivity index (χ0v) is 9.77. The van der Waals surface area contributed by atoms with Crippen LogP contribution < -0.4 is 5.73 Å². The van der Waals surface area contributed by atoms with E-state index in [0.717, 1.165) is 30.9 Å². The fraction of sp³-hybridized carbons (Fsp3) is 0.818. The molecule has 0 saturated heterocycles. The highest BCUT2D eigenvalue weighted by Crippen LogP contribution is 2.33. The Morgan fingerprint density at radius 2 is 2.07 bits per heavy atom. The van der Waals surface area contributed by atoms with Gasteiger partial charge in [0.05, 0.1) is 0 Å². The van der Waals surface area contributed by atoms with Gasteiger partial charge in [-0.2, -0.15) is 0 Å². The van der Waals surface area contributed by atoms with Gasteiger partial charge < -0.3 is 10.3 Å². The van der Waals surface area contributed by atoms with Crippen LogP contribution >= 0.6 is 0 Å². The number of nitrogens with zero attached hydrogens (tertiary/aromatic N) is 3. The lowest BCUT2D eigenvalue weighted by atomic mass is 10.1. The van der Waals surface area contributed by atoms with Crippen LogP contribution in [0, 0.1) is 6.92 Å². The molecule has 4 nitrogen and oxygen atoms in total. The van der Waals surface area contributed by atoms with E-state index in [1.807, 2.05) is 6.92 Å². The number of hydrogen-bond acceptors (Lipinski definition) is 3. The summed E-state index contributed by atoms with van der Waals surface area (Å²) in [6, 6.07) is 0.791. The van der Waals surface area contributed by atoms with E-state index in [9.17, 15) is 0 Å². The molecule has 2 rings (SSSR count). The van der Waals surface area contributed by atoms with Crippen molar-refractivity contribution < 1.29 is 0 Å². The van der Waals surface area contributed by atoms with Gasteiger partial charge in [0, 0.05) is 18.0 Å². The highest BCUT2D eigenvalue weighted by atomic mass is 15.3. The van der Waals surface area contributed by atoms with Crippen LogP contribution in [0.5, 0.6) is 0 Å². The molecule has 1 aliphatic carbocycles. The Hall–Kier alpha value is -0.900. The van der Waals surface area contributed by atoms with Crippen molar-refractivity contribution in [1.82, 2.24) is 14.8 Å². The molecular weight excluding hydrogens is 188 g/mol. The van der Waals surface area contributed by atoms with Crippen LogP contribution in [-0.4, -0.2) is 20.8 Å². The van der Waals surface area contributed by atoms with Gasteiger partial charge in [0.2, 0.25) is 0 Å². The molecule has 0 spiro atoms. The van der Waals surface area contributed by atoms with Crippen molar-refractivity contribution in [2.45, 2.75) is 58.0 Å². The van der Waals surface area contributed by atoms with Gasteiger partial charge in [0.15, 0.2) is 0 Å². The van der Waals surface area contributed by atoms with E-state index in [-0.39, 0.29) is 0 Å². The van der Waals surface area contributed by atoms with Crippen LogP contribution in [0.4, 0.5) is 0 Å². The Morgan fingerprint density at radius 1 is 1.33 bits per heavy atom. The SMILES string of the molecule is Cc1nnc(C2CCC(N)C2)n1C(C)C. The number of nitrogens with two attached hydrogens (primary N) is 1. The van der Waals surface area contributed by atoms with Crippen molar-refractivity contribution in [3.05, 3.63) is 11.6 Å². The molecule has 1 aliphatic rings. The topological polar surface area (TPSA) is 56.7 Å². The Bertz CT molecular complexity index is 342. The zero-order chi connectivity index (χ0) is 11.0. The maximum absolute atomic E-state index is 5.94. The minimum Gasteiger partial charge on any atom is -0.328 e. The van der Waals surface area contributed by atoms with Crippen LogP contribution in [0.25, 0.3) is 0 Å². The molecule has 4 heteroatoms. The van der Waals surface area contributed by atoms with E-state index in [2.05, 4.69) is 28.6 Å². The zero-order valence-electron chi connectivity index (χ0n) is 9.77. The number of aromatic nitrogens is 3. The molecular formula is C11H20N4. The summed E-state index contributed by atoms with van der Waals surface area (Å²) < 4.78 is 2.24. The van der Waals surface area contributed by atoms with Crippen molar-refractivity contribution >= 4 is 0 Å². The Labute approximate surface area is 90.9 Å². The van der Waals surface area contributed by atoms with Gasteiger partial charge >= 0.3 is 0 Å². The van der Waals surface area contributed by atoms with Crippen LogP contribution in [0.2, 0.25) is 0 Å². The normalized spacial score (nSPS) is 26.5. The molecule has 84 valence electrons. The Balaban J connectivity index is 2.28. The molecule has 0 radical (unpaired) electrons. The van der Waals surface area contributed by atoms with Crippen LogP contribution in [0.3, 0.4) is 0 Å². The molecule has 15 heavy (non-hydrogen) atoms. The summed E-state index contributed by atoms with van der Waals surface area (Å²) >= 11 is 0. The molecule has 0 aromatic carbocycles. The average Bonchev–Trinajstić information content (AvgIpc) is 2.71. The quantitative estimate of drug-likeness (QED) is 0.805. The highest BCUT2D eigenvalue weighted by molar-refractivity contribution is 5.06. The van der Waals surface area contributed by atoms with Crippen LogP contribution in [0.1, 0.15) is 56.7 Å². The molecule has 1 aromatic heterocycles. The molecule has 1 fully saturated rings. The lowest BCUT2D eigenvalue weighted by Gasteiger charge is -2.16. The van der Waals surface area contributed by atoms with E-state index in [1.165, 1.54) is 0 Å². The van der Waals surface area contributed by atoms with Crippen molar-refractivity contribution in [2.75, 3.05) is 0 Å². The summed E-state index contributed by atoms with van der Waals surface area (Å²) in [7, 11) is 0. The van der Waals surface area contributed by atoms with Gasteiger partial charge in [-0.25, -0.2) is 0 Å². The van der Waals surface area contributed by atoms with Crippen LogP contribution in [-0.2, 0) is 0 Å². The second-order valence-electron chi connectivity index (χ2n) is 4.84. The summed E-state index contributed by atoms with van der Waals surface area (Å²) in [5.41, 5.74) is 5.94. The molecule has 2 unspecified atom stereocenters. The van der Waals surface area contributed by atoms with Crippen LogP contribution in [0.15, 0.2) is 0 Å². The predicted molar refractivity (Wildman–Crippen MR) is 59.7 cm³/mol. The van der Waals surface area contributed by atoms with E-state index in [0.29, 0.717) is 18.0 Å². The maximum Gasteiger partial charge on any atom is 0.136 e. The molecule has 2 N–H and O–H groups in total. The van der Waals surface area contributed by atoms with Crippen molar-refractivity contribution in [2.24, 2.45) is 5.73 Å². The molecule has 1 saturated carbocycles. The van der Waals surface area contributed by atoms with E-state index in [4.69, 9.17) is 5.73 Å². The number of aryl methyl sites for hydroxylation is 1. The second-order valence-corrected chi connectivity index (χ2v) is 4.84. The molecule has 0 bridgehead atoms. The van der Waals surface area contributed by atoms with Gasteiger partial charge in [-0.1, -0.05) is 0 Å². The molecule has 0 aliphatic heterocycles. The summed E-state index contributed by atoms with van der Waals surface area (Å²) in [5, 5.41) is 8.49. The maximum atomic E-state index is 5.94. The first-order chi connectivity index (χ1) is 7.09. The van der Waals surface area contributed by atoms with Gasteiger partial charge in [-0.3, -0.25) is 0 Å². The van der Waals surface area contributed by atoms with Gasteiger partial charge in [0.1, 0.15) is 11.6 Å². The van der Waals surface area contributed by atoms with E-state index >= 15 is 0 Å². The highest BCUT2D eigenvalue weighted by Gasteiger charge is 2.28. The monoisotopic (exact) mass is 208 g/mol. The summed E-state index contributed by atoms with van der Waals surface area (Å²) in [4.78, 5) is 0. The molecule has 0 amide bonds. The van der Waals surface area contributed by atoms with E-state index in [1.54, 1.807) is 0 Å². The fourth-order valence-corrected chi connectivity index (χ4v) is 2.55. The van der Waals surface area contributed by atoms with Crippen molar-refractivity contribution in [3.8, 4) is 0 Å². The number of rotatable bonds is 2. The fourth-order valence-electron chi connectivity index (χ4n) is 2.55. The number of hydrogen-bond donors (Lipinski definition) is 1. The standard InChI is InChI=1S/C11H20N4/c1-7(2)15-8(3)13-14-11(15)9-4-5-10(12)6-9/h7,9-10H,4-6,12H2,1-3H3. The second kappa shape index (κ2) is 3.93. The molecule has 1 aromatic rings. The Morgan fingerprint density at radius 3 is 2.60 bits per heavy atom. The van der Waals surface area contributed by atoms with Gasteiger partial charge in [-0.05, 0) is 40.0 Å². The lowest BCUT2D eigenvalue weighted by Crippen LogP contribution is -2.16. The van der Waals surface area contributed by atoms with Gasteiger partial charge in [-0.15, -0.1) is 10.2 Å². The van der Waals surface area contributed by atoms with Crippen molar-refractivity contribution in [1.29, 1.82) is 0 Å². The first-order valence-electron chi connectivity index (χ1n) is 5.76. The first-order valence-corrected chi connectivity index (χ1v) is 5.76. The average molecular weight is 208 g/mol. The summed E-state index contributed by atoms with van der Waals surface area (Å²) in [5.74, 6) is 2.67. The Kier molecular flexibility index (Phi) is 2.78. The summed E-state index contributed by atoms with van der Waals surface area (Å²) in [6.07, 6.45) is 3.34.